The normalized spacial score (nSPS) is 12.1. The van der Waals surface area contributed by atoms with Gasteiger partial charge in [-0.2, -0.15) is 5.10 Å². The number of nitrogens with zero attached hydrogens (tertiary/aromatic N) is 2. The van der Waals surface area contributed by atoms with Gasteiger partial charge in [-0.1, -0.05) is 30.3 Å². The van der Waals surface area contributed by atoms with E-state index in [9.17, 15) is 9.90 Å². The first-order chi connectivity index (χ1) is 10.1. The van der Waals surface area contributed by atoms with Crippen LogP contribution in [-0.2, 0) is 7.05 Å². The van der Waals surface area contributed by atoms with Crippen LogP contribution < -0.4 is 5.32 Å². The second-order valence-electron chi connectivity index (χ2n) is 5.12. The highest BCUT2D eigenvalue weighted by Gasteiger charge is 2.15. The van der Waals surface area contributed by atoms with E-state index in [0.29, 0.717) is 18.7 Å². The molecule has 1 aromatic heterocycles. The summed E-state index contributed by atoms with van der Waals surface area (Å²) < 4.78 is 1.68. The van der Waals surface area contributed by atoms with Crippen molar-refractivity contribution in [2.24, 2.45) is 7.05 Å². The molecule has 5 heteroatoms. The summed E-state index contributed by atoms with van der Waals surface area (Å²) in [7, 11) is 1.81. The molecular weight excluding hydrogens is 266 g/mol. The number of aromatic nitrogens is 2. The molecule has 0 saturated heterocycles. The Labute approximate surface area is 124 Å². The van der Waals surface area contributed by atoms with Gasteiger partial charge in [0.2, 0.25) is 0 Å². The molecule has 0 saturated carbocycles. The number of aliphatic hydroxyl groups is 1. The van der Waals surface area contributed by atoms with Gasteiger partial charge in [0.25, 0.3) is 5.91 Å². The lowest BCUT2D eigenvalue weighted by atomic mass is 9.96. The number of aryl methyl sites for hydroxylation is 2. The lowest BCUT2D eigenvalue weighted by molar-refractivity contribution is 0.0943. The Morgan fingerprint density at radius 3 is 2.67 bits per heavy atom. The molecule has 2 aromatic rings. The fourth-order valence-electron chi connectivity index (χ4n) is 2.25. The second kappa shape index (κ2) is 7.04. The molecule has 1 atom stereocenters. The van der Waals surface area contributed by atoms with Gasteiger partial charge >= 0.3 is 0 Å². The number of benzene rings is 1. The highest BCUT2D eigenvalue weighted by atomic mass is 16.3. The van der Waals surface area contributed by atoms with Crippen LogP contribution in [0.5, 0.6) is 0 Å². The molecular formula is C16H21N3O2. The fourth-order valence-corrected chi connectivity index (χ4v) is 2.25. The number of hydrogen-bond acceptors (Lipinski definition) is 3. The molecule has 0 fully saturated rings. The van der Waals surface area contributed by atoms with Gasteiger partial charge < -0.3 is 10.4 Å². The molecule has 21 heavy (non-hydrogen) atoms. The summed E-state index contributed by atoms with van der Waals surface area (Å²) in [5.41, 5.74) is 2.48. The molecule has 1 aromatic carbocycles. The van der Waals surface area contributed by atoms with Gasteiger partial charge in [-0.25, -0.2) is 0 Å². The number of carbonyl (C=O) groups is 1. The number of aliphatic hydroxyl groups excluding tert-OH is 1. The third-order valence-corrected chi connectivity index (χ3v) is 3.60. The number of amides is 1. The summed E-state index contributed by atoms with van der Waals surface area (Å²) in [6, 6.07) is 11.7. The monoisotopic (exact) mass is 287 g/mol. The molecule has 5 nitrogen and oxygen atoms in total. The van der Waals surface area contributed by atoms with Crippen molar-refractivity contribution in [3.8, 4) is 0 Å². The van der Waals surface area contributed by atoms with Crippen molar-refractivity contribution in [3.63, 3.8) is 0 Å². The van der Waals surface area contributed by atoms with Gasteiger partial charge in [-0.3, -0.25) is 9.48 Å². The van der Waals surface area contributed by atoms with E-state index in [2.05, 4.69) is 10.4 Å². The zero-order chi connectivity index (χ0) is 15.2. The Balaban J connectivity index is 2.00. The molecule has 1 unspecified atom stereocenters. The van der Waals surface area contributed by atoms with Gasteiger partial charge in [-0.05, 0) is 25.0 Å². The van der Waals surface area contributed by atoms with Gasteiger partial charge in [0, 0.05) is 31.8 Å². The molecule has 1 amide bonds. The van der Waals surface area contributed by atoms with E-state index in [-0.39, 0.29) is 18.4 Å². The largest absolute Gasteiger partial charge is 0.396 e. The maximum Gasteiger partial charge on any atom is 0.271 e. The van der Waals surface area contributed by atoms with Crippen LogP contribution in [0.4, 0.5) is 0 Å². The summed E-state index contributed by atoms with van der Waals surface area (Å²) >= 11 is 0. The van der Waals surface area contributed by atoms with E-state index in [0.717, 1.165) is 11.3 Å². The molecule has 0 aliphatic heterocycles. The summed E-state index contributed by atoms with van der Waals surface area (Å²) in [5.74, 6) is -0.0810. The molecule has 1 heterocycles. The third kappa shape index (κ3) is 3.92. The maximum absolute atomic E-state index is 12.1. The molecule has 2 N–H and O–H groups in total. The van der Waals surface area contributed by atoms with Crippen molar-refractivity contribution >= 4 is 5.91 Å². The van der Waals surface area contributed by atoms with Crippen LogP contribution in [0.25, 0.3) is 0 Å². The SMILES string of the molecule is Cc1cc(C(=O)NCC(CCO)c2ccccc2)nn1C. The zero-order valence-corrected chi connectivity index (χ0v) is 12.4. The Bertz CT molecular complexity index is 573. The second-order valence-corrected chi connectivity index (χ2v) is 5.12. The first kappa shape index (κ1) is 15.3. The Hall–Kier alpha value is -2.14. The minimum atomic E-state index is -0.183. The number of rotatable bonds is 6. The minimum Gasteiger partial charge on any atom is -0.396 e. The van der Waals surface area contributed by atoms with Crippen molar-refractivity contribution < 1.29 is 9.90 Å². The minimum absolute atomic E-state index is 0.0954. The van der Waals surface area contributed by atoms with Crippen LogP contribution in [-0.4, -0.2) is 33.9 Å². The summed E-state index contributed by atoms with van der Waals surface area (Å²) in [5, 5.41) is 16.3. The smallest absolute Gasteiger partial charge is 0.271 e. The van der Waals surface area contributed by atoms with E-state index >= 15 is 0 Å². The first-order valence-electron chi connectivity index (χ1n) is 7.06. The van der Waals surface area contributed by atoms with Crippen molar-refractivity contribution in [1.29, 1.82) is 0 Å². The first-order valence-corrected chi connectivity index (χ1v) is 7.06. The quantitative estimate of drug-likeness (QED) is 0.848. The molecule has 0 aliphatic rings. The van der Waals surface area contributed by atoms with Crippen LogP contribution in [0.3, 0.4) is 0 Å². The van der Waals surface area contributed by atoms with Crippen molar-refractivity contribution in [3.05, 3.63) is 53.3 Å². The van der Waals surface area contributed by atoms with Crippen LogP contribution in [0.2, 0.25) is 0 Å². The predicted octanol–water partition coefficient (Wildman–Crippen LogP) is 1.62. The highest BCUT2D eigenvalue weighted by Crippen LogP contribution is 2.18. The van der Waals surface area contributed by atoms with E-state index in [1.807, 2.05) is 44.3 Å². The summed E-state index contributed by atoms with van der Waals surface area (Å²) in [6.45, 7) is 2.49. The van der Waals surface area contributed by atoms with Gasteiger partial charge in [0.15, 0.2) is 0 Å². The van der Waals surface area contributed by atoms with E-state index in [1.54, 1.807) is 10.7 Å². The maximum atomic E-state index is 12.1. The van der Waals surface area contributed by atoms with Crippen molar-refractivity contribution in [1.82, 2.24) is 15.1 Å². The van der Waals surface area contributed by atoms with Crippen LogP contribution in [0.15, 0.2) is 36.4 Å². The topological polar surface area (TPSA) is 67.2 Å². The van der Waals surface area contributed by atoms with Crippen molar-refractivity contribution in [2.45, 2.75) is 19.3 Å². The summed E-state index contributed by atoms with van der Waals surface area (Å²) in [4.78, 5) is 12.1. The zero-order valence-electron chi connectivity index (χ0n) is 12.4. The molecule has 0 bridgehead atoms. The van der Waals surface area contributed by atoms with E-state index in [1.165, 1.54) is 0 Å². The fraction of sp³-hybridized carbons (Fsp3) is 0.375. The molecule has 2 rings (SSSR count). The Morgan fingerprint density at radius 2 is 2.10 bits per heavy atom. The average molecular weight is 287 g/mol. The van der Waals surface area contributed by atoms with Crippen LogP contribution >= 0.6 is 0 Å². The Kier molecular flexibility index (Phi) is 5.11. The van der Waals surface area contributed by atoms with Crippen LogP contribution in [0.1, 0.15) is 34.1 Å². The van der Waals surface area contributed by atoms with Gasteiger partial charge in [-0.15, -0.1) is 0 Å². The lowest BCUT2D eigenvalue weighted by Gasteiger charge is -2.16. The molecule has 112 valence electrons. The highest BCUT2D eigenvalue weighted by molar-refractivity contribution is 5.92. The Morgan fingerprint density at radius 1 is 1.38 bits per heavy atom. The van der Waals surface area contributed by atoms with Gasteiger partial charge in [0.05, 0.1) is 0 Å². The number of carbonyl (C=O) groups excluding carboxylic acids is 1. The molecule has 0 aliphatic carbocycles. The molecule has 0 spiro atoms. The van der Waals surface area contributed by atoms with E-state index in [4.69, 9.17) is 0 Å². The lowest BCUT2D eigenvalue weighted by Crippen LogP contribution is -2.29. The predicted molar refractivity (Wildman–Crippen MR) is 81.2 cm³/mol. The molecule has 0 radical (unpaired) electrons. The van der Waals surface area contributed by atoms with Crippen molar-refractivity contribution in [2.75, 3.05) is 13.2 Å². The number of hydrogen-bond donors (Lipinski definition) is 2. The van der Waals surface area contributed by atoms with E-state index < -0.39 is 0 Å². The average Bonchev–Trinajstić information content (AvgIpc) is 2.84. The number of nitrogens with one attached hydrogen (secondary N) is 1. The van der Waals surface area contributed by atoms with Gasteiger partial charge in [0.1, 0.15) is 5.69 Å². The van der Waals surface area contributed by atoms with Crippen LogP contribution in [0, 0.1) is 6.92 Å². The summed E-state index contributed by atoms with van der Waals surface area (Å²) in [6.07, 6.45) is 0.617. The third-order valence-electron chi connectivity index (χ3n) is 3.60. The standard InChI is InChI=1S/C16H21N3O2/c1-12-10-15(18-19(12)2)16(21)17-11-14(8-9-20)13-6-4-3-5-7-13/h3-7,10,14,20H,8-9,11H2,1-2H3,(H,17,21).